The number of carbonyl (C=O) groups excluding carboxylic acids is 1. The summed E-state index contributed by atoms with van der Waals surface area (Å²) < 4.78 is 11.1. The van der Waals surface area contributed by atoms with Gasteiger partial charge < -0.3 is 19.4 Å². The summed E-state index contributed by atoms with van der Waals surface area (Å²) in [5.41, 5.74) is 1.46. The van der Waals surface area contributed by atoms with Gasteiger partial charge in [0.1, 0.15) is 5.75 Å². The summed E-state index contributed by atoms with van der Waals surface area (Å²) in [5, 5.41) is 15.7. The molecule has 1 saturated heterocycles. The second kappa shape index (κ2) is 8.20. The van der Waals surface area contributed by atoms with Gasteiger partial charge in [-0.1, -0.05) is 11.6 Å². The van der Waals surface area contributed by atoms with Gasteiger partial charge in [-0.3, -0.25) is 0 Å². The van der Waals surface area contributed by atoms with Crippen molar-refractivity contribution in [2.45, 2.75) is 18.8 Å². The zero-order chi connectivity index (χ0) is 19.5. The zero-order valence-corrected chi connectivity index (χ0v) is 16.8. The summed E-state index contributed by atoms with van der Waals surface area (Å²) in [7, 11) is 1.55. The van der Waals surface area contributed by atoms with E-state index < -0.39 is 0 Å². The Kier molecular flexibility index (Phi) is 5.50. The van der Waals surface area contributed by atoms with Gasteiger partial charge in [0.05, 0.1) is 18.7 Å². The van der Waals surface area contributed by atoms with Gasteiger partial charge in [0.15, 0.2) is 0 Å². The molecule has 1 aliphatic heterocycles. The topological polar surface area (TPSA) is 80.5 Å². The number of methoxy groups -OCH3 is 1. The first-order valence-electron chi connectivity index (χ1n) is 8.89. The Bertz CT molecular complexity index is 960. The molecule has 1 N–H and O–H groups in total. The van der Waals surface area contributed by atoms with Gasteiger partial charge in [-0.2, -0.15) is 11.3 Å². The van der Waals surface area contributed by atoms with Crippen LogP contribution in [-0.2, 0) is 0 Å². The fourth-order valence-electron chi connectivity index (χ4n) is 3.24. The standard InChI is InChI=1S/C19H19ClN4O3S/c1-26-16-5-4-14(20)9-15(16)21-19(25)24-7-2-3-12(10-24)17-22-23-18(27-17)13-6-8-28-11-13/h4-6,8-9,11-12H,2-3,7,10H2,1H3,(H,21,25). The van der Waals surface area contributed by atoms with E-state index in [4.69, 9.17) is 20.8 Å². The molecule has 3 heterocycles. The number of thiophene rings is 1. The number of hydrogen-bond acceptors (Lipinski definition) is 6. The number of nitrogens with one attached hydrogen (secondary N) is 1. The molecule has 4 rings (SSSR count). The number of amides is 2. The molecule has 0 bridgehead atoms. The maximum atomic E-state index is 12.8. The zero-order valence-electron chi connectivity index (χ0n) is 15.2. The van der Waals surface area contributed by atoms with Crippen molar-refractivity contribution in [1.29, 1.82) is 0 Å². The van der Waals surface area contributed by atoms with Crippen molar-refractivity contribution in [2.24, 2.45) is 0 Å². The van der Waals surface area contributed by atoms with Crippen molar-refractivity contribution in [3.8, 4) is 17.2 Å². The average molecular weight is 419 g/mol. The molecule has 0 radical (unpaired) electrons. The van der Waals surface area contributed by atoms with Crippen LogP contribution in [0.4, 0.5) is 10.5 Å². The average Bonchev–Trinajstić information content (AvgIpc) is 3.40. The first kappa shape index (κ1) is 18.8. The maximum Gasteiger partial charge on any atom is 0.321 e. The summed E-state index contributed by atoms with van der Waals surface area (Å²) in [6, 6.07) is 6.85. The lowest BCUT2D eigenvalue weighted by atomic mass is 9.98. The number of aromatic nitrogens is 2. The number of likely N-dealkylation sites (tertiary alicyclic amines) is 1. The van der Waals surface area contributed by atoms with Gasteiger partial charge in [-0.15, -0.1) is 10.2 Å². The van der Waals surface area contributed by atoms with E-state index in [2.05, 4.69) is 15.5 Å². The molecular formula is C19H19ClN4O3S. The first-order valence-corrected chi connectivity index (χ1v) is 10.2. The van der Waals surface area contributed by atoms with Crippen molar-refractivity contribution < 1.29 is 13.9 Å². The van der Waals surface area contributed by atoms with Crippen molar-refractivity contribution in [1.82, 2.24) is 15.1 Å². The number of carbonyl (C=O) groups is 1. The highest BCUT2D eigenvalue weighted by Gasteiger charge is 2.29. The number of rotatable bonds is 4. The number of ether oxygens (including phenoxy) is 1. The minimum atomic E-state index is -0.206. The SMILES string of the molecule is COc1ccc(Cl)cc1NC(=O)N1CCCC(c2nnc(-c3ccsc3)o2)C1. The highest BCUT2D eigenvalue weighted by Crippen LogP contribution is 2.31. The number of halogens is 1. The smallest absolute Gasteiger partial charge is 0.321 e. The predicted molar refractivity (Wildman–Crippen MR) is 108 cm³/mol. The highest BCUT2D eigenvalue weighted by molar-refractivity contribution is 7.08. The van der Waals surface area contributed by atoms with Crippen LogP contribution in [0.1, 0.15) is 24.7 Å². The first-order chi connectivity index (χ1) is 13.6. The van der Waals surface area contributed by atoms with Crippen LogP contribution in [0, 0.1) is 0 Å². The molecule has 1 unspecified atom stereocenters. The molecule has 1 atom stereocenters. The van der Waals surface area contributed by atoms with E-state index in [0.717, 1.165) is 18.4 Å². The number of benzene rings is 1. The highest BCUT2D eigenvalue weighted by atomic mass is 35.5. The van der Waals surface area contributed by atoms with Gasteiger partial charge in [-0.05, 0) is 42.5 Å². The van der Waals surface area contributed by atoms with Crippen molar-refractivity contribution in [3.63, 3.8) is 0 Å². The van der Waals surface area contributed by atoms with Crippen LogP contribution < -0.4 is 10.1 Å². The molecule has 0 saturated carbocycles. The molecule has 0 spiro atoms. The second-order valence-corrected chi connectivity index (χ2v) is 7.73. The molecule has 1 aliphatic rings. The largest absolute Gasteiger partial charge is 0.495 e. The molecule has 146 valence electrons. The van der Waals surface area contributed by atoms with Crippen LogP contribution in [0.15, 0.2) is 39.4 Å². The minimum Gasteiger partial charge on any atom is -0.495 e. The van der Waals surface area contributed by atoms with Crippen LogP contribution in [-0.4, -0.2) is 41.3 Å². The lowest BCUT2D eigenvalue weighted by molar-refractivity contribution is 0.187. The Morgan fingerprint density at radius 3 is 3.07 bits per heavy atom. The van der Waals surface area contributed by atoms with Gasteiger partial charge in [0, 0.05) is 29.1 Å². The Labute approximate surface area is 171 Å². The number of hydrogen-bond donors (Lipinski definition) is 1. The molecule has 3 aromatic rings. The Morgan fingerprint density at radius 2 is 2.29 bits per heavy atom. The van der Waals surface area contributed by atoms with E-state index in [0.29, 0.717) is 41.3 Å². The monoisotopic (exact) mass is 418 g/mol. The summed E-state index contributed by atoms with van der Waals surface area (Å²) in [6.45, 7) is 1.18. The number of piperidine rings is 1. The van der Waals surface area contributed by atoms with Gasteiger partial charge in [0.25, 0.3) is 0 Å². The van der Waals surface area contributed by atoms with E-state index in [9.17, 15) is 4.79 Å². The third kappa shape index (κ3) is 3.98. The maximum absolute atomic E-state index is 12.8. The van der Waals surface area contributed by atoms with Crippen LogP contribution in [0.3, 0.4) is 0 Å². The predicted octanol–water partition coefficient (Wildman–Crippen LogP) is 4.87. The minimum absolute atomic E-state index is 0.0145. The fourth-order valence-corrected chi connectivity index (χ4v) is 4.04. The Hall–Kier alpha value is -2.58. The van der Waals surface area contributed by atoms with Crippen LogP contribution in [0.2, 0.25) is 5.02 Å². The quantitative estimate of drug-likeness (QED) is 0.653. The van der Waals surface area contributed by atoms with Crippen molar-refractivity contribution >= 4 is 34.7 Å². The molecule has 9 heteroatoms. The molecule has 7 nitrogen and oxygen atoms in total. The summed E-state index contributed by atoms with van der Waals surface area (Å²) >= 11 is 7.62. The molecule has 2 aromatic heterocycles. The van der Waals surface area contributed by atoms with Crippen LogP contribution in [0.5, 0.6) is 5.75 Å². The molecular weight excluding hydrogens is 400 g/mol. The third-order valence-corrected chi connectivity index (χ3v) is 5.59. The van der Waals surface area contributed by atoms with Crippen LogP contribution >= 0.6 is 22.9 Å². The van der Waals surface area contributed by atoms with E-state index >= 15 is 0 Å². The fraction of sp³-hybridized carbons (Fsp3) is 0.316. The van der Waals surface area contributed by atoms with E-state index in [-0.39, 0.29) is 11.9 Å². The van der Waals surface area contributed by atoms with Gasteiger partial charge in [0.2, 0.25) is 11.8 Å². The molecule has 2 amide bonds. The normalized spacial score (nSPS) is 16.8. The lowest BCUT2D eigenvalue weighted by Crippen LogP contribution is -2.41. The van der Waals surface area contributed by atoms with Gasteiger partial charge >= 0.3 is 6.03 Å². The number of urea groups is 1. The Balaban J connectivity index is 1.45. The molecule has 1 aromatic carbocycles. The van der Waals surface area contributed by atoms with Gasteiger partial charge in [-0.25, -0.2) is 4.79 Å². The van der Waals surface area contributed by atoms with Crippen molar-refractivity contribution in [2.75, 3.05) is 25.5 Å². The molecule has 1 fully saturated rings. The van der Waals surface area contributed by atoms with Crippen molar-refractivity contribution in [3.05, 3.63) is 45.9 Å². The molecule has 28 heavy (non-hydrogen) atoms. The second-order valence-electron chi connectivity index (χ2n) is 6.52. The molecule has 0 aliphatic carbocycles. The summed E-state index contributed by atoms with van der Waals surface area (Å²) in [4.78, 5) is 14.5. The van der Waals surface area contributed by atoms with Crippen LogP contribution in [0.25, 0.3) is 11.5 Å². The summed E-state index contributed by atoms with van der Waals surface area (Å²) in [5.74, 6) is 1.66. The van der Waals surface area contributed by atoms with E-state index in [1.165, 1.54) is 0 Å². The summed E-state index contributed by atoms with van der Waals surface area (Å²) in [6.07, 6.45) is 1.76. The number of nitrogens with zero attached hydrogens (tertiary/aromatic N) is 3. The lowest BCUT2D eigenvalue weighted by Gasteiger charge is -2.31. The Morgan fingerprint density at radius 1 is 1.39 bits per heavy atom. The number of anilines is 1. The van der Waals surface area contributed by atoms with E-state index in [1.54, 1.807) is 41.5 Å². The van der Waals surface area contributed by atoms with E-state index in [1.807, 2.05) is 16.8 Å². The third-order valence-electron chi connectivity index (χ3n) is 4.67.